The minimum absolute atomic E-state index is 0.185. The van der Waals surface area contributed by atoms with E-state index in [4.69, 9.17) is 5.26 Å². The number of anilines is 1. The van der Waals surface area contributed by atoms with Crippen LogP contribution in [0.5, 0.6) is 0 Å². The van der Waals surface area contributed by atoms with Crippen LogP contribution < -0.4 is 10.2 Å². The number of amides is 1. The van der Waals surface area contributed by atoms with Crippen LogP contribution in [0.1, 0.15) is 35.2 Å². The van der Waals surface area contributed by atoms with Crippen molar-refractivity contribution in [3.8, 4) is 6.07 Å². The van der Waals surface area contributed by atoms with E-state index in [1.807, 2.05) is 36.5 Å². The molecule has 4 heterocycles. The standard InChI is InChI=1S/C25H24N8O/c26-16-19-3-5-20(6-4-19)18-33-14-9-22(30-33)25(10-11-28-31-25)29-24(34)15-21-7-8-23(27-17-21)32-12-1-2-13-32/h3-11,14,17H,1-2,12-13,15,18H2,(H,29,34). The third-order valence-corrected chi connectivity index (χ3v) is 5.99. The number of hydrogen-bond donors (Lipinski definition) is 1. The Labute approximate surface area is 197 Å². The first-order chi connectivity index (χ1) is 16.6. The van der Waals surface area contributed by atoms with Crippen molar-refractivity contribution in [3.05, 3.63) is 89.5 Å². The summed E-state index contributed by atoms with van der Waals surface area (Å²) in [7, 11) is 0. The highest BCUT2D eigenvalue weighted by Crippen LogP contribution is 2.28. The van der Waals surface area contributed by atoms with Gasteiger partial charge in [0.25, 0.3) is 0 Å². The van der Waals surface area contributed by atoms with Gasteiger partial charge in [0.05, 0.1) is 24.6 Å². The number of nitrogens with one attached hydrogen (secondary N) is 1. The SMILES string of the molecule is N#Cc1ccc(Cn2ccc(C3(NC(=O)Cc4ccc(N5CCCC5)nc4)C=CN=N3)n2)cc1. The minimum Gasteiger partial charge on any atom is -0.357 e. The smallest absolute Gasteiger partial charge is 0.226 e. The molecule has 3 aromatic rings. The second kappa shape index (κ2) is 9.27. The van der Waals surface area contributed by atoms with Crippen LogP contribution in [0, 0.1) is 11.3 Å². The summed E-state index contributed by atoms with van der Waals surface area (Å²) in [4.78, 5) is 19.7. The third-order valence-electron chi connectivity index (χ3n) is 5.99. The molecule has 0 aliphatic carbocycles. The first-order valence-corrected chi connectivity index (χ1v) is 11.3. The number of rotatable bonds is 7. The topological polar surface area (TPSA) is 112 Å². The zero-order valence-corrected chi connectivity index (χ0v) is 18.6. The number of nitrogens with zero attached hydrogens (tertiary/aromatic N) is 7. The van der Waals surface area contributed by atoms with Crippen LogP contribution in [0.15, 0.2) is 77.4 Å². The molecule has 2 aliphatic rings. The Morgan fingerprint density at radius 3 is 2.56 bits per heavy atom. The van der Waals surface area contributed by atoms with Gasteiger partial charge < -0.3 is 10.2 Å². The van der Waals surface area contributed by atoms with Gasteiger partial charge in [-0.15, -0.1) is 5.11 Å². The molecule has 1 fully saturated rings. The van der Waals surface area contributed by atoms with Crippen LogP contribution in [-0.4, -0.2) is 33.8 Å². The number of aromatic nitrogens is 3. The molecule has 1 amide bonds. The summed E-state index contributed by atoms with van der Waals surface area (Å²) in [6.07, 6.45) is 9.46. The highest BCUT2D eigenvalue weighted by atomic mass is 16.1. The lowest BCUT2D eigenvalue weighted by Crippen LogP contribution is -2.43. The van der Waals surface area contributed by atoms with Crippen LogP contribution >= 0.6 is 0 Å². The van der Waals surface area contributed by atoms with Gasteiger partial charge in [-0.2, -0.15) is 15.5 Å². The van der Waals surface area contributed by atoms with E-state index in [0.29, 0.717) is 17.8 Å². The lowest BCUT2D eigenvalue weighted by molar-refractivity contribution is -0.122. The van der Waals surface area contributed by atoms with E-state index in [2.05, 4.69) is 36.6 Å². The molecule has 1 atom stereocenters. The molecule has 2 aromatic heterocycles. The first kappa shape index (κ1) is 21.5. The van der Waals surface area contributed by atoms with Gasteiger partial charge in [-0.25, -0.2) is 4.98 Å². The molecule has 1 N–H and O–H groups in total. The molecule has 0 radical (unpaired) electrons. The fourth-order valence-electron chi connectivity index (χ4n) is 4.19. The average Bonchev–Trinajstić information content (AvgIpc) is 3.63. The van der Waals surface area contributed by atoms with Crippen LogP contribution in [0.2, 0.25) is 0 Å². The van der Waals surface area contributed by atoms with Crippen LogP contribution in [0.3, 0.4) is 0 Å². The molecule has 1 saturated heterocycles. The number of pyridine rings is 1. The fourth-order valence-corrected chi connectivity index (χ4v) is 4.19. The Morgan fingerprint density at radius 2 is 1.88 bits per heavy atom. The molecule has 0 saturated carbocycles. The average molecular weight is 453 g/mol. The monoisotopic (exact) mass is 452 g/mol. The number of azo groups is 1. The predicted octanol–water partition coefficient (Wildman–Crippen LogP) is 3.29. The summed E-state index contributed by atoms with van der Waals surface area (Å²) in [5, 5.41) is 24.8. The Kier molecular flexibility index (Phi) is 5.87. The zero-order valence-electron chi connectivity index (χ0n) is 18.6. The Morgan fingerprint density at radius 1 is 1.09 bits per heavy atom. The van der Waals surface area contributed by atoms with Gasteiger partial charge in [-0.3, -0.25) is 9.48 Å². The van der Waals surface area contributed by atoms with Crippen molar-refractivity contribution < 1.29 is 4.79 Å². The van der Waals surface area contributed by atoms with E-state index >= 15 is 0 Å². The van der Waals surface area contributed by atoms with Crippen LogP contribution in [-0.2, 0) is 23.4 Å². The van der Waals surface area contributed by atoms with Gasteiger partial charge in [0.1, 0.15) is 11.5 Å². The zero-order chi connectivity index (χ0) is 23.4. The van der Waals surface area contributed by atoms with Crippen molar-refractivity contribution in [1.29, 1.82) is 5.26 Å². The second-order valence-corrected chi connectivity index (χ2v) is 8.45. The van der Waals surface area contributed by atoms with Crippen molar-refractivity contribution >= 4 is 11.7 Å². The Bertz CT molecular complexity index is 1250. The maximum absolute atomic E-state index is 12.9. The van der Waals surface area contributed by atoms with Gasteiger partial charge in [-0.1, -0.05) is 18.2 Å². The molecule has 170 valence electrons. The van der Waals surface area contributed by atoms with Gasteiger partial charge in [0, 0.05) is 31.7 Å². The molecule has 2 aliphatic heterocycles. The summed E-state index contributed by atoms with van der Waals surface area (Å²) >= 11 is 0. The summed E-state index contributed by atoms with van der Waals surface area (Å²) in [6.45, 7) is 2.60. The number of carbonyl (C=O) groups is 1. The minimum atomic E-state index is -1.13. The summed E-state index contributed by atoms with van der Waals surface area (Å²) < 4.78 is 1.77. The highest BCUT2D eigenvalue weighted by molar-refractivity contribution is 5.79. The van der Waals surface area contributed by atoms with E-state index in [1.165, 1.54) is 12.8 Å². The summed E-state index contributed by atoms with van der Waals surface area (Å²) in [5.41, 5.74) is 1.91. The number of carbonyl (C=O) groups excluding carboxylic acids is 1. The van der Waals surface area contributed by atoms with Crippen molar-refractivity contribution in [2.24, 2.45) is 10.2 Å². The normalized spacial score (nSPS) is 18.9. The van der Waals surface area contributed by atoms with Crippen LogP contribution in [0.4, 0.5) is 5.82 Å². The van der Waals surface area contributed by atoms with E-state index in [9.17, 15) is 4.79 Å². The molecule has 1 aromatic carbocycles. The molecule has 1 unspecified atom stereocenters. The van der Waals surface area contributed by atoms with E-state index < -0.39 is 5.66 Å². The third kappa shape index (κ3) is 4.57. The number of benzene rings is 1. The van der Waals surface area contributed by atoms with Gasteiger partial charge >= 0.3 is 0 Å². The van der Waals surface area contributed by atoms with Crippen molar-refractivity contribution in [1.82, 2.24) is 20.1 Å². The van der Waals surface area contributed by atoms with Gasteiger partial charge in [0.15, 0.2) is 0 Å². The van der Waals surface area contributed by atoms with E-state index in [0.717, 1.165) is 30.0 Å². The molecule has 34 heavy (non-hydrogen) atoms. The molecular weight excluding hydrogens is 428 g/mol. The van der Waals surface area contributed by atoms with Gasteiger partial charge in [-0.05, 0) is 54.3 Å². The lowest BCUT2D eigenvalue weighted by Gasteiger charge is -2.22. The lowest BCUT2D eigenvalue weighted by atomic mass is 10.1. The van der Waals surface area contributed by atoms with E-state index in [1.54, 1.807) is 35.3 Å². The van der Waals surface area contributed by atoms with Crippen molar-refractivity contribution in [2.45, 2.75) is 31.5 Å². The molecule has 0 bridgehead atoms. The maximum atomic E-state index is 12.9. The van der Waals surface area contributed by atoms with Crippen LogP contribution in [0.25, 0.3) is 0 Å². The molecule has 9 nitrogen and oxygen atoms in total. The van der Waals surface area contributed by atoms with Crippen molar-refractivity contribution in [2.75, 3.05) is 18.0 Å². The summed E-state index contributed by atoms with van der Waals surface area (Å²) in [5.74, 6) is 0.765. The molecule has 0 spiro atoms. The maximum Gasteiger partial charge on any atom is 0.226 e. The largest absolute Gasteiger partial charge is 0.357 e. The Balaban J connectivity index is 1.26. The molecular formula is C25H24N8O. The highest BCUT2D eigenvalue weighted by Gasteiger charge is 2.36. The number of nitriles is 1. The first-order valence-electron chi connectivity index (χ1n) is 11.3. The van der Waals surface area contributed by atoms with E-state index in [-0.39, 0.29) is 12.3 Å². The van der Waals surface area contributed by atoms with Gasteiger partial charge in [0.2, 0.25) is 11.6 Å². The predicted molar refractivity (Wildman–Crippen MR) is 126 cm³/mol. The van der Waals surface area contributed by atoms with Crippen molar-refractivity contribution in [3.63, 3.8) is 0 Å². The fraction of sp³-hybridized carbons (Fsp3) is 0.280. The molecule has 9 heteroatoms. The molecule has 5 rings (SSSR count). The summed E-state index contributed by atoms with van der Waals surface area (Å²) in [6, 6.07) is 15.2. The number of hydrogen-bond acceptors (Lipinski definition) is 7. The Hall–Kier alpha value is -4.32. The quantitative estimate of drug-likeness (QED) is 0.591. The second-order valence-electron chi connectivity index (χ2n) is 8.45.